The maximum Gasteiger partial charge on any atom is 0.259 e. The Labute approximate surface area is 132 Å². The minimum atomic E-state index is 0.0378. The molecular weight excluding hydrogens is 300 g/mol. The first kappa shape index (κ1) is 13.5. The summed E-state index contributed by atoms with van der Waals surface area (Å²) in [5, 5.41) is 3.96. The molecule has 0 bridgehead atoms. The second-order valence-electron chi connectivity index (χ2n) is 5.47. The first-order valence-corrected chi connectivity index (χ1v) is 7.64. The van der Waals surface area contributed by atoms with Crippen LogP contribution in [0.25, 0.3) is 5.78 Å². The van der Waals surface area contributed by atoms with Gasteiger partial charge < -0.3 is 5.32 Å². The second-order valence-corrected chi connectivity index (χ2v) is 5.90. The Hall–Kier alpha value is -2.11. The summed E-state index contributed by atoms with van der Waals surface area (Å²) in [7, 11) is 0. The molecule has 1 N–H and O–H groups in total. The van der Waals surface area contributed by atoms with Crippen molar-refractivity contribution in [2.75, 3.05) is 6.54 Å². The number of benzene rings is 1. The van der Waals surface area contributed by atoms with Crippen LogP contribution < -0.4 is 10.9 Å². The molecule has 1 aliphatic heterocycles. The molecule has 1 aliphatic rings. The highest BCUT2D eigenvalue weighted by Crippen LogP contribution is 2.15. The summed E-state index contributed by atoms with van der Waals surface area (Å²) in [6.45, 7) is 1.99. The minimum Gasteiger partial charge on any atom is -0.312 e. The van der Waals surface area contributed by atoms with Gasteiger partial charge in [-0.3, -0.25) is 13.8 Å². The number of hydrogen-bond acceptors (Lipinski definition) is 3. The molecule has 0 aliphatic carbocycles. The maximum absolute atomic E-state index is 12.8. The lowest BCUT2D eigenvalue weighted by atomic mass is 10.1. The SMILES string of the molecule is O=c1c2c(n3ccnc3n1Cc1ccc(Cl)cc1)CCNC2. The van der Waals surface area contributed by atoms with Gasteiger partial charge in [-0.25, -0.2) is 4.98 Å². The van der Waals surface area contributed by atoms with Gasteiger partial charge in [0.25, 0.3) is 5.56 Å². The van der Waals surface area contributed by atoms with Gasteiger partial charge in [0, 0.05) is 42.6 Å². The topological polar surface area (TPSA) is 51.3 Å². The number of imidazole rings is 1. The number of halogens is 1. The molecule has 4 rings (SSSR count). The van der Waals surface area contributed by atoms with Crippen molar-refractivity contribution in [2.24, 2.45) is 0 Å². The lowest BCUT2D eigenvalue weighted by molar-refractivity contribution is 0.596. The summed E-state index contributed by atoms with van der Waals surface area (Å²) in [6, 6.07) is 7.55. The van der Waals surface area contributed by atoms with Crippen LogP contribution in [0.15, 0.2) is 41.5 Å². The van der Waals surface area contributed by atoms with E-state index in [1.54, 1.807) is 10.8 Å². The molecule has 0 saturated carbocycles. The average molecular weight is 315 g/mol. The molecule has 5 nitrogen and oxygen atoms in total. The van der Waals surface area contributed by atoms with E-state index >= 15 is 0 Å². The zero-order chi connectivity index (χ0) is 15.1. The first-order valence-electron chi connectivity index (χ1n) is 7.27. The standard InChI is InChI=1S/C16H15ClN4O/c17-12-3-1-11(2-4-12)10-21-15(22)13-9-18-6-5-14(13)20-8-7-19-16(20)21/h1-4,7-8,18H,5-6,9-10H2. The summed E-state index contributed by atoms with van der Waals surface area (Å²) in [5.41, 5.74) is 2.98. The van der Waals surface area contributed by atoms with Crippen molar-refractivity contribution >= 4 is 17.4 Å². The molecule has 1 aromatic carbocycles. The summed E-state index contributed by atoms with van der Waals surface area (Å²) in [4.78, 5) is 17.2. The van der Waals surface area contributed by atoms with Crippen LogP contribution in [0, 0.1) is 0 Å². The highest BCUT2D eigenvalue weighted by Gasteiger charge is 2.19. The summed E-state index contributed by atoms with van der Waals surface area (Å²) < 4.78 is 3.77. The van der Waals surface area contributed by atoms with Gasteiger partial charge in [-0.1, -0.05) is 23.7 Å². The number of rotatable bonds is 2. The molecule has 2 aromatic heterocycles. The smallest absolute Gasteiger partial charge is 0.259 e. The predicted octanol–water partition coefficient (Wildman–Crippen LogP) is 1.84. The lowest BCUT2D eigenvalue weighted by Crippen LogP contribution is -2.36. The van der Waals surface area contributed by atoms with Gasteiger partial charge in [0.05, 0.1) is 12.1 Å². The third-order valence-electron chi connectivity index (χ3n) is 4.10. The first-order chi connectivity index (χ1) is 10.7. The zero-order valence-corrected chi connectivity index (χ0v) is 12.7. The van der Waals surface area contributed by atoms with Crippen LogP contribution in [-0.4, -0.2) is 20.5 Å². The van der Waals surface area contributed by atoms with Gasteiger partial charge in [-0.05, 0) is 17.7 Å². The van der Waals surface area contributed by atoms with Gasteiger partial charge >= 0.3 is 0 Å². The predicted molar refractivity (Wildman–Crippen MR) is 85.4 cm³/mol. The number of nitrogens with zero attached hydrogens (tertiary/aromatic N) is 3. The van der Waals surface area contributed by atoms with Crippen LogP contribution in [-0.2, 0) is 19.5 Å². The van der Waals surface area contributed by atoms with Crippen LogP contribution in [0.5, 0.6) is 0 Å². The quantitative estimate of drug-likeness (QED) is 0.785. The molecule has 0 atom stereocenters. The molecular formula is C16H15ClN4O. The van der Waals surface area contributed by atoms with E-state index < -0.39 is 0 Å². The molecule has 112 valence electrons. The van der Waals surface area contributed by atoms with Gasteiger partial charge in [0.15, 0.2) is 0 Å². The Morgan fingerprint density at radius 2 is 2.09 bits per heavy atom. The lowest BCUT2D eigenvalue weighted by Gasteiger charge is -2.20. The Morgan fingerprint density at radius 3 is 2.91 bits per heavy atom. The molecule has 0 unspecified atom stereocenters. The molecule has 0 radical (unpaired) electrons. The summed E-state index contributed by atoms with van der Waals surface area (Å²) in [6.07, 6.45) is 4.52. The monoisotopic (exact) mass is 314 g/mol. The van der Waals surface area contributed by atoms with Crippen molar-refractivity contribution in [1.29, 1.82) is 0 Å². The van der Waals surface area contributed by atoms with Crippen molar-refractivity contribution in [3.63, 3.8) is 0 Å². The molecule has 3 heterocycles. The van der Waals surface area contributed by atoms with Crippen molar-refractivity contribution in [2.45, 2.75) is 19.5 Å². The fourth-order valence-electron chi connectivity index (χ4n) is 3.01. The molecule has 0 spiro atoms. The van der Waals surface area contributed by atoms with Crippen molar-refractivity contribution in [3.05, 3.63) is 68.9 Å². The summed E-state index contributed by atoms with van der Waals surface area (Å²) >= 11 is 5.93. The van der Waals surface area contributed by atoms with Gasteiger partial charge in [-0.15, -0.1) is 0 Å². The number of hydrogen-bond donors (Lipinski definition) is 1. The van der Waals surface area contributed by atoms with E-state index in [2.05, 4.69) is 10.3 Å². The highest BCUT2D eigenvalue weighted by molar-refractivity contribution is 6.30. The van der Waals surface area contributed by atoms with E-state index in [-0.39, 0.29) is 5.56 Å². The van der Waals surface area contributed by atoms with Crippen molar-refractivity contribution in [3.8, 4) is 0 Å². The third-order valence-corrected chi connectivity index (χ3v) is 4.35. The van der Waals surface area contributed by atoms with E-state index in [1.807, 2.05) is 34.9 Å². The second kappa shape index (κ2) is 5.26. The Morgan fingerprint density at radius 1 is 1.27 bits per heavy atom. The zero-order valence-electron chi connectivity index (χ0n) is 11.9. The number of nitrogens with one attached hydrogen (secondary N) is 1. The van der Waals surface area contributed by atoms with E-state index in [0.717, 1.165) is 29.8 Å². The highest BCUT2D eigenvalue weighted by atomic mass is 35.5. The summed E-state index contributed by atoms with van der Waals surface area (Å²) in [5.74, 6) is 0.695. The van der Waals surface area contributed by atoms with Crippen LogP contribution in [0.3, 0.4) is 0 Å². The van der Waals surface area contributed by atoms with Gasteiger partial charge in [0.2, 0.25) is 5.78 Å². The molecule has 6 heteroatoms. The van der Waals surface area contributed by atoms with E-state index in [9.17, 15) is 4.79 Å². The van der Waals surface area contributed by atoms with Gasteiger partial charge in [-0.2, -0.15) is 0 Å². The van der Waals surface area contributed by atoms with Crippen LogP contribution in [0.2, 0.25) is 5.02 Å². The number of aromatic nitrogens is 3. The third kappa shape index (κ3) is 2.14. The minimum absolute atomic E-state index is 0.0378. The molecule has 0 saturated heterocycles. The van der Waals surface area contributed by atoms with Crippen LogP contribution >= 0.6 is 11.6 Å². The molecule has 0 amide bonds. The Balaban J connectivity index is 1.90. The normalized spacial score (nSPS) is 14.2. The van der Waals surface area contributed by atoms with Gasteiger partial charge in [0.1, 0.15) is 0 Å². The molecule has 0 fully saturated rings. The van der Waals surface area contributed by atoms with Crippen molar-refractivity contribution < 1.29 is 0 Å². The average Bonchev–Trinajstić information content (AvgIpc) is 3.03. The van der Waals surface area contributed by atoms with Crippen LogP contribution in [0.1, 0.15) is 16.8 Å². The Bertz CT molecular complexity index is 895. The molecule has 3 aromatic rings. The molecule has 22 heavy (non-hydrogen) atoms. The van der Waals surface area contributed by atoms with E-state index in [0.29, 0.717) is 23.9 Å². The fourth-order valence-corrected chi connectivity index (χ4v) is 3.14. The maximum atomic E-state index is 12.8. The van der Waals surface area contributed by atoms with Crippen LogP contribution in [0.4, 0.5) is 0 Å². The van der Waals surface area contributed by atoms with Crippen molar-refractivity contribution in [1.82, 2.24) is 19.3 Å². The number of fused-ring (bicyclic) bond motifs is 3. The fraction of sp³-hybridized carbons (Fsp3) is 0.250. The van der Waals surface area contributed by atoms with E-state index in [1.165, 1.54) is 0 Å². The van der Waals surface area contributed by atoms with E-state index in [4.69, 9.17) is 11.6 Å². The largest absolute Gasteiger partial charge is 0.312 e. The Kier molecular flexibility index (Phi) is 3.24.